The summed E-state index contributed by atoms with van der Waals surface area (Å²) in [7, 11) is 1.60. The molecule has 1 saturated heterocycles. The molecule has 182 valence electrons. The van der Waals surface area contributed by atoms with Gasteiger partial charge in [-0.2, -0.15) is 5.10 Å². The predicted molar refractivity (Wildman–Crippen MR) is 132 cm³/mol. The zero-order valence-corrected chi connectivity index (χ0v) is 20.2. The Bertz CT molecular complexity index is 1350. The van der Waals surface area contributed by atoms with Crippen LogP contribution >= 0.6 is 0 Å². The number of likely N-dealkylation sites (tertiary alicyclic amines) is 1. The lowest BCUT2D eigenvalue weighted by Crippen LogP contribution is -2.48. The van der Waals surface area contributed by atoms with Crippen molar-refractivity contribution in [1.29, 1.82) is 0 Å². The van der Waals surface area contributed by atoms with E-state index < -0.39 is 11.1 Å². The number of hydrogen-bond donors (Lipinski definition) is 0. The molecule has 2 aromatic carbocycles. The summed E-state index contributed by atoms with van der Waals surface area (Å²) in [4.78, 5) is 40.5. The monoisotopic (exact) mass is 474 g/mol. The molecule has 0 aliphatic carbocycles. The number of aryl methyl sites for hydroxylation is 1. The number of carbonyl (C=O) groups is 1. The second-order valence-electron chi connectivity index (χ2n) is 9.66. The Morgan fingerprint density at radius 1 is 0.914 bits per heavy atom. The van der Waals surface area contributed by atoms with Crippen molar-refractivity contribution < 1.29 is 9.53 Å². The zero-order valence-electron chi connectivity index (χ0n) is 20.2. The zero-order chi connectivity index (χ0) is 24.6. The van der Waals surface area contributed by atoms with Crippen molar-refractivity contribution in [3.05, 3.63) is 91.8 Å². The van der Waals surface area contributed by atoms with E-state index in [-0.39, 0.29) is 17.9 Å². The largest absolute Gasteiger partial charge is 0.497 e. The van der Waals surface area contributed by atoms with Gasteiger partial charge in [0.2, 0.25) is 5.91 Å². The van der Waals surface area contributed by atoms with E-state index in [1.54, 1.807) is 11.7 Å². The Morgan fingerprint density at radius 2 is 1.54 bits per heavy atom. The number of aromatic nitrogens is 3. The number of rotatable bonds is 5. The van der Waals surface area contributed by atoms with Crippen LogP contribution in [0.1, 0.15) is 41.8 Å². The van der Waals surface area contributed by atoms with Gasteiger partial charge in [-0.05, 0) is 49.4 Å². The molecular formula is C27H30N4O4. The molecule has 3 heterocycles. The van der Waals surface area contributed by atoms with Gasteiger partial charge in [-0.25, -0.2) is 4.68 Å². The van der Waals surface area contributed by atoms with Crippen molar-refractivity contribution in [2.24, 2.45) is 0 Å². The topological polar surface area (TPSA) is 86.4 Å². The molecule has 1 aromatic heterocycles. The first-order valence-corrected chi connectivity index (χ1v) is 12.1. The maximum Gasteiger partial charge on any atom is 0.332 e. The molecule has 3 aromatic rings. The van der Waals surface area contributed by atoms with Gasteiger partial charge in [0.1, 0.15) is 11.6 Å². The molecule has 0 radical (unpaired) electrons. The number of piperidine rings is 1. The van der Waals surface area contributed by atoms with Gasteiger partial charge in [-0.3, -0.25) is 19.0 Å². The van der Waals surface area contributed by atoms with Crippen LogP contribution in [0.4, 0.5) is 0 Å². The van der Waals surface area contributed by atoms with Crippen LogP contribution in [0.2, 0.25) is 0 Å². The average Bonchev–Trinajstić information content (AvgIpc) is 3.22. The molecule has 1 amide bonds. The van der Waals surface area contributed by atoms with Gasteiger partial charge in [0.05, 0.1) is 20.1 Å². The third-order valence-electron chi connectivity index (χ3n) is 7.46. The summed E-state index contributed by atoms with van der Waals surface area (Å²) in [6.07, 6.45) is 2.63. The van der Waals surface area contributed by atoms with Crippen molar-refractivity contribution in [3.8, 4) is 5.75 Å². The fourth-order valence-corrected chi connectivity index (χ4v) is 5.23. The van der Waals surface area contributed by atoms with E-state index in [0.29, 0.717) is 31.9 Å². The van der Waals surface area contributed by atoms with E-state index in [0.717, 1.165) is 36.1 Å². The van der Waals surface area contributed by atoms with E-state index in [2.05, 4.69) is 0 Å². The van der Waals surface area contributed by atoms with Gasteiger partial charge in [-0.15, -0.1) is 0 Å². The fourth-order valence-electron chi connectivity index (χ4n) is 5.23. The molecule has 0 saturated carbocycles. The Hall–Kier alpha value is -3.68. The lowest BCUT2D eigenvalue weighted by molar-refractivity contribution is -0.132. The van der Waals surface area contributed by atoms with Crippen molar-refractivity contribution in [2.75, 3.05) is 20.2 Å². The number of hydrogen-bond acceptors (Lipinski definition) is 5. The summed E-state index contributed by atoms with van der Waals surface area (Å²) >= 11 is 0. The number of benzene rings is 2. The molecule has 2 aliphatic heterocycles. The van der Waals surface area contributed by atoms with Gasteiger partial charge in [0.25, 0.3) is 0 Å². The lowest BCUT2D eigenvalue weighted by Gasteiger charge is -2.38. The maximum absolute atomic E-state index is 12.9. The Balaban J connectivity index is 1.34. The second-order valence-corrected chi connectivity index (χ2v) is 9.66. The van der Waals surface area contributed by atoms with Gasteiger partial charge in [0.15, 0.2) is 0 Å². The van der Waals surface area contributed by atoms with Gasteiger partial charge < -0.3 is 9.64 Å². The van der Waals surface area contributed by atoms with Crippen molar-refractivity contribution in [2.45, 2.75) is 51.1 Å². The van der Waals surface area contributed by atoms with Crippen molar-refractivity contribution >= 4 is 5.91 Å². The third kappa shape index (κ3) is 4.40. The van der Waals surface area contributed by atoms with Crippen LogP contribution in [0.15, 0.2) is 58.1 Å². The van der Waals surface area contributed by atoms with E-state index >= 15 is 0 Å². The molecule has 8 nitrogen and oxygen atoms in total. The summed E-state index contributed by atoms with van der Waals surface area (Å²) in [5, 5.41) is 4.71. The molecule has 0 atom stereocenters. The number of ether oxygens (including phenoxy) is 1. The van der Waals surface area contributed by atoms with E-state index in [9.17, 15) is 14.4 Å². The van der Waals surface area contributed by atoms with Crippen LogP contribution in [0, 0.1) is 6.92 Å². The Labute approximate surface area is 203 Å². The highest BCUT2D eigenvalue weighted by molar-refractivity contribution is 5.79. The summed E-state index contributed by atoms with van der Waals surface area (Å²) < 4.78 is 8.04. The number of amides is 1. The SMILES string of the molecule is COc1ccc(Cn2nc3n(c(=O)c2=O)CCC32CCN(C(=O)Cc3ccc(C)cc3)CC2)cc1. The molecule has 1 fully saturated rings. The van der Waals surface area contributed by atoms with Crippen LogP contribution in [-0.4, -0.2) is 45.4 Å². The van der Waals surface area contributed by atoms with E-state index in [1.165, 1.54) is 10.2 Å². The number of carbonyl (C=O) groups excluding carboxylic acids is 1. The lowest BCUT2D eigenvalue weighted by atomic mass is 9.76. The molecule has 8 heteroatoms. The number of methoxy groups -OCH3 is 1. The van der Waals surface area contributed by atoms with Crippen molar-refractivity contribution in [1.82, 2.24) is 19.2 Å². The number of fused-ring (bicyclic) bond motifs is 2. The summed E-state index contributed by atoms with van der Waals surface area (Å²) in [5.41, 5.74) is 1.66. The van der Waals surface area contributed by atoms with E-state index in [1.807, 2.05) is 60.4 Å². The van der Waals surface area contributed by atoms with Crippen LogP contribution < -0.4 is 15.9 Å². The summed E-state index contributed by atoms with van der Waals surface area (Å²) in [6, 6.07) is 15.4. The molecule has 0 N–H and O–H groups in total. The van der Waals surface area contributed by atoms with Crippen molar-refractivity contribution in [3.63, 3.8) is 0 Å². The molecular weight excluding hydrogens is 444 g/mol. The van der Waals surface area contributed by atoms with Gasteiger partial charge in [0, 0.05) is 25.0 Å². The van der Waals surface area contributed by atoms with Crippen LogP contribution in [-0.2, 0) is 29.7 Å². The maximum atomic E-state index is 12.9. The second kappa shape index (κ2) is 9.17. The normalized spacial score (nSPS) is 16.3. The molecule has 0 bridgehead atoms. The molecule has 35 heavy (non-hydrogen) atoms. The number of nitrogens with zero attached hydrogens (tertiary/aromatic N) is 4. The minimum atomic E-state index is -0.604. The molecule has 0 unspecified atom stereocenters. The fraction of sp³-hybridized carbons (Fsp3) is 0.407. The minimum Gasteiger partial charge on any atom is -0.497 e. The molecule has 5 rings (SSSR count). The predicted octanol–water partition coefficient (Wildman–Crippen LogP) is 2.28. The van der Waals surface area contributed by atoms with E-state index in [4.69, 9.17) is 9.84 Å². The Morgan fingerprint density at radius 3 is 2.20 bits per heavy atom. The summed E-state index contributed by atoms with van der Waals surface area (Å²) in [6.45, 7) is 4.00. The molecule has 2 aliphatic rings. The van der Waals surface area contributed by atoms with Crippen LogP contribution in [0.3, 0.4) is 0 Å². The summed E-state index contributed by atoms with van der Waals surface area (Å²) in [5.74, 6) is 1.53. The van der Waals surface area contributed by atoms with Gasteiger partial charge in [-0.1, -0.05) is 42.0 Å². The highest BCUT2D eigenvalue weighted by atomic mass is 16.5. The standard InChI is InChI=1S/C27H30N4O4/c1-19-3-5-20(6-4-19)17-23(32)29-14-11-27(12-15-29)13-16-30-24(33)25(34)31(28-26(27)30)18-21-7-9-22(35-2)10-8-21/h3-10H,11-18H2,1-2H3. The van der Waals surface area contributed by atoms with Gasteiger partial charge >= 0.3 is 11.1 Å². The third-order valence-corrected chi connectivity index (χ3v) is 7.46. The first-order valence-electron chi connectivity index (χ1n) is 12.1. The molecule has 1 spiro atoms. The van der Waals surface area contributed by atoms with Crippen LogP contribution in [0.5, 0.6) is 5.75 Å². The average molecular weight is 475 g/mol. The Kier molecular flexibility index (Phi) is 6.05. The minimum absolute atomic E-state index is 0.122. The highest BCUT2D eigenvalue weighted by Gasteiger charge is 2.45. The van der Waals surface area contributed by atoms with Crippen LogP contribution in [0.25, 0.3) is 0 Å². The first-order chi connectivity index (χ1) is 16.9. The highest BCUT2D eigenvalue weighted by Crippen LogP contribution is 2.41. The quantitative estimate of drug-likeness (QED) is 0.530. The smallest absolute Gasteiger partial charge is 0.332 e. The first kappa shape index (κ1) is 23.1.